The van der Waals surface area contributed by atoms with Crippen LogP contribution in [0.3, 0.4) is 0 Å². The lowest BCUT2D eigenvalue weighted by Gasteiger charge is -2.24. The van der Waals surface area contributed by atoms with Gasteiger partial charge in [0.1, 0.15) is 0 Å². The third kappa shape index (κ3) is 39.1. The zero-order valence-electron chi connectivity index (χ0n) is 42.0. The fraction of sp³-hybridized carbons (Fsp3) is 0.782. The summed E-state index contributed by atoms with van der Waals surface area (Å²) >= 11 is 0. The van der Waals surface area contributed by atoms with E-state index >= 15 is 0 Å². The van der Waals surface area contributed by atoms with E-state index in [4.69, 9.17) is 0 Å². The molecule has 1 aromatic rings. The first kappa shape index (κ1) is 62.6. The largest absolute Gasteiger partial charge is 0.0885 e. The molecular weight excluding hydrogens is 661 g/mol. The van der Waals surface area contributed by atoms with E-state index in [0.29, 0.717) is 5.92 Å². The molecule has 328 valence electrons. The molecule has 0 heterocycles. The van der Waals surface area contributed by atoms with Crippen molar-refractivity contribution >= 4 is 0 Å². The number of hydrogen-bond acceptors (Lipinski definition) is 0. The molecule has 0 radical (unpaired) electrons. The van der Waals surface area contributed by atoms with E-state index in [2.05, 4.69) is 124 Å². The summed E-state index contributed by atoms with van der Waals surface area (Å²) in [5, 5.41) is 0. The predicted octanol–water partition coefficient (Wildman–Crippen LogP) is 20.3. The van der Waals surface area contributed by atoms with Crippen LogP contribution in [-0.2, 0) is 0 Å². The fourth-order valence-corrected chi connectivity index (χ4v) is 6.84. The van der Waals surface area contributed by atoms with E-state index in [9.17, 15) is 0 Å². The van der Waals surface area contributed by atoms with Gasteiger partial charge in [-0.15, -0.1) is 0 Å². The van der Waals surface area contributed by atoms with Crippen molar-refractivity contribution in [3.63, 3.8) is 0 Å². The summed E-state index contributed by atoms with van der Waals surface area (Å²) < 4.78 is 0. The molecule has 0 bridgehead atoms. The smallest absolute Gasteiger partial charge is 0.0210 e. The van der Waals surface area contributed by atoms with Crippen LogP contribution < -0.4 is 0 Å². The van der Waals surface area contributed by atoms with Crippen LogP contribution in [0.2, 0.25) is 0 Å². The maximum absolute atomic E-state index is 2.42. The van der Waals surface area contributed by atoms with Crippen molar-refractivity contribution < 1.29 is 0 Å². The van der Waals surface area contributed by atoms with Crippen LogP contribution in [0.25, 0.3) is 0 Å². The molecule has 2 unspecified atom stereocenters. The van der Waals surface area contributed by atoms with Gasteiger partial charge in [-0.3, -0.25) is 0 Å². The van der Waals surface area contributed by atoms with Crippen molar-refractivity contribution in [2.24, 2.45) is 41.4 Å². The Morgan fingerprint density at radius 2 is 0.982 bits per heavy atom. The molecule has 5 rings (SSSR count). The minimum atomic E-state index is 0.659. The summed E-state index contributed by atoms with van der Waals surface area (Å²) in [5.41, 5.74) is 3.10. The van der Waals surface area contributed by atoms with E-state index in [-0.39, 0.29) is 0 Å². The molecule has 0 saturated heterocycles. The summed E-state index contributed by atoms with van der Waals surface area (Å²) in [5.74, 6) is 7.02. The van der Waals surface area contributed by atoms with Crippen LogP contribution in [0.1, 0.15) is 246 Å². The second-order valence-corrected chi connectivity index (χ2v) is 15.9. The standard InChI is InChI=1S/C9H18.3C9H16.C9H12.5C2H6/c5*1-8(2)9-6-4-3-5-7-9;5*1-2/h8-9H,3-7H2,1-2H3;6,8H,3-5,7H2,1-2H3;4,6,8-9H,3,5,7H2,1-2H3;3-4,8-9H,5-7H2,1-2H3;3-8H,1-2H3;5*1-2H3. The Balaban J connectivity index is -0.000000179. The topological polar surface area (TPSA) is 0 Å². The van der Waals surface area contributed by atoms with Gasteiger partial charge in [0.25, 0.3) is 0 Å². The molecule has 0 aromatic heterocycles. The maximum atomic E-state index is 2.42. The third-order valence-electron chi connectivity index (χ3n) is 10.5. The number of rotatable bonds is 5. The van der Waals surface area contributed by atoms with Crippen molar-refractivity contribution in [2.45, 2.75) is 241 Å². The average molecular weight is 769 g/mol. The van der Waals surface area contributed by atoms with Gasteiger partial charge in [0.2, 0.25) is 0 Å². The summed E-state index contributed by atoms with van der Waals surface area (Å²) in [7, 11) is 0. The fourth-order valence-electron chi connectivity index (χ4n) is 6.84. The average Bonchev–Trinajstić information content (AvgIpc) is 3.27. The molecule has 0 nitrogen and oxygen atoms in total. The summed E-state index contributed by atoms with van der Waals surface area (Å²) in [6, 6.07) is 10.5. The predicted molar refractivity (Wildman–Crippen MR) is 263 cm³/mol. The molecule has 55 heavy (non-hydrogen) atoms. The van der Waals surface area contributed by atoms with Gasteiger partial charge in [0.05, 0.1) is 0 Å². The molecule has 1 fully saturated rings. The van der Waals surface area contributed by atoms with E-state index in [1.54, 1.807) is 5.57 Å². The highest BCUT2D eigenvalue weighted by Crippen LogP contribution is 2.29. The Morgan fingerprint density at radius 3 is 1.25 bits per heavy atom. The normalized spacial score (nSPS) is 18.2. The van der Waals surface area contributed by atoms with Crippen LogP contribution in [0.4, 0.5) is 0 Å². The Labute approximate surface area is 352 Å². The SMILES string of the molecule is CC.CC.CC.CC.CC.CC(C)C1=CCCCC1.CC(C)C1C=CCCC1.CC(C)C1CC=CCC1.CC(C)C1CCCCC1.CC(C)c1ccccc1. The molecular formula is C55H108. The zero-order valence-corrected chi connectivity index (χ0v) is 42.0. The highest BCUT2D eigenvalue weighted by Gasteiger charge is 2.16. The van der Waals surface area contributed by atoms with Crippen LogP contribution in [-0.4, -0.2) is 0 Å². The molecule has 0 heteroatoms. The van der Waals surface area contributed by atoms with E-state index in [1.165, 1.54) is 102 Å². The van der Waals surface area contributed by atoms with Crippen molar-refractivity contribution in [3.8, 4) is 0 Å². The van der Waals surface area contributed by atoms with Crippen molar-refractivity contribution in [1.82, 2.24) is 0 Å². The molecule has 0 aliphatic heterocycles. The number of allylic oxidation sites excluding steroid dienone is 6. The van der Waals surface area contributed by atoms with E-state index < -0.39 is 0 Å². The van der Waals surface area contributed by atoms with Gasteiger partial charge in [-0.25, -0.2) is 0 Å². The highest BCUT2D eigenvalue weighted by molar-refractivity contribution is 5.17. The second kappa shape index (κ2) is 48.6. The van der Waals surface area contributed by atoms with Gasteiger partial charge in [-0.05, 0) is 117 Å². The van der Waals surface area contributed by atoms with Crippen molar-refractivity contribution in [1.29, 1.82) is 0 Å². The molecule has 1 aromatic carbocycles. The van der Waals surface area contributed by atoms with Crippen LogP contribution in [0.15, 0.2) is 66.3 Å². The van der Waals surface area contributed by atoms with E-state index in [0.717, 1.165) is 41.4 Å². The Kier molecular flexibility index (Phi) is 55.3. The van der Waals surface area contributed by atoms with Crippen LogP contribution in [0.5, 0.6) is 0 Å². The lowest BCUT2D eigenvalue weighted by molar-refractivity contribution is 0.279. The molecule has 4 aliphatic rings. The second-order valence-electron chi connectivity index (χ2n) is 15.9. The molecule has 1 saturated carbocycles. The lowest BCUT2D eigenvalue weighted by Crippen LogP contribution is -2.12. The molecule has 0 amide bonds. The Hall–Kier alpha value is -1.56. The first-order chi connectivity index (χ1) is 26.5. The van der Waals surface area contributed by atoms with Crippen molar-refractivity contribution in [2.75, 3.05) is 0 Å². The first-order valence-corrected chi connectivity index (χ1v) is 24.6. The lowest BCUT2D eigenvalue weighted by atomic mass is 9.82. The monoisotopic (exact) mass is 769 g/mol. The summed E-state index contributed by atoms with van der Waals surface area (Å²) in [6.45, 7) is 43.0. The highest BCUT2D eigenvalue weighted by atomic mass is 14.2. The quantitative estimate of drug-likeness (QED) is 0.262. The van der Waals surface area contributed by atoms with E-state index in [1.807, 2.05) is 75.3 Å². The van der Waals surface area contributed by atoms with Crippen LogP contribution in [0, 0.1) is 41.4 Å². The number of hydrogen-bond donors (Lipinski definition) is 0. The molecule has 4 aliphatic carbocycles. The Morgan fingerprint density at radius 1 is 0.436 bits per heavy atom. The third-order valence-corrected chi connectivity index (χ3v) is 10.5. The van der Waals surface area contributed by atoms with Gasteiger partial charge in [-0.1, -0.05) is 237 Å². The van der Waals surface area contributed by atoms with Gasteiger partial charge in [0, 0.05) is 0 Å². The zero-order chi connectivity index (χ0) is 43.5. The molecule has 0 spiro atoms. The summed E-state index contributed by atoms with van der Waals surface area (Å²) in [4.78, 5) is 0. The molecule has 0 N–H and O–H groups in total. The molecule has 2 atom stereocenters. The van der Waals surface area contributed by atoms with Crippen LogP contribution >= 0.6 is 0 Å². The van der Waals surface area contributed by atoms with Gasteiger partial charge >= 0.3 is 0 Å². The van der Waals surface area contributed by atoms with Gasteiger partial charge in [0.15, 0.2) is 0 Å². The first-order valence-electron chi connectivity index (χ1n) is 24.6. The van der Waals surface area contributed by atoms with Gasteiger partial charge in [-0.2, -0.15) is 0 Å². The minimum absolute atomic E-state index is 0.659. The van der Waals surface area contributed by atoms with Crippen molar-refractivity contribution in [3.05, 3.63) is 71.8 Å². The maximum Gasteiger partial charge on any atom is -0.0210 e. The summed E-state index contributed by atoms with van der Waals surface area (Å²) in [6.07, 6.45) is 32.9. The minimum Gasteiger partial charge on any atom is -0.0885 e. The van der Waals surface area contributed by atoms with Gasteiger partial charge < -0.3 is 0 Å². The number of benzene rings is 1. The Bertz CT molecular complexity index is 887.